The van der Waals surface area contributed by atoms with Gasteiger partial charge >= 0.3 is 105 Å². The number of rotatable bonds is 1. The fourth-order valence-corrected chi connectivity index (χ4v) is 3.44. The van der Waals surface area contributed by atoms with Gasteiger partial charge in [-0.3, -0.25) is 0 Å². The van der Waals surface area contributed by atoms with Gasteiger partial charge in [0.2, 0.25) is 0 Å². The minimum atomic E-state index is -0.382. The van der Waals surface area contributed by atoms with Crippen molar-refractivity contribution in [3.05, 3.63) is 35.1 Å². The first-order valence-electron chi connectivity index (χ1n) is 4.97. The molecule has 2 rings (SSSR count). The summed E-state index contributed by atoms with van der Waals surface area (Å²) < 4.78 is 15.3. The van der Waals surface area contributed by atoms with Crippen LogP contribution in [0.25, 0.3) is 0 Å². The summed E-state index contributed by atoms with van der Waals surface area (Å²) in [7, 11) is 0. The Kier molecular flexibility index (Phi) is 3.09. The number of carbonyl (C=O) groups is 1. The van der Waals surface area contributed by atoms with Crippen LogP contribution < -0.4 is 0 Å². The first kappa shape index (κ1) is 11.0. The van der Waals surface area contributed by atoms with Crippen molar-refractivity contribution >= 4 is 32.0 Å². The first-order valence-corrected chi connectivity index (χ1v) is 6.71. The third kappa shape index (κ3) is 1.81. The van der Waals surface area contributed by atoms with Crippen LogP contribution in [0.3, 0.4) is 0 Å². The van der Waals surface area contributed by atoms with Gasteiger partial charge in [0.05, 0.1) is 0 Å². The number of nitrogens with zero attached hydrogens (tertiary/aromatic N) is 1. The average Bonchev–Trinajstić information content (AvgIpc) is 2.23. The molecule has 1 aliphatic heterocycles. The molecule has 15 heavy (non-hydrogen) atoms. The molecule has 1 amide bonds. The Bertz CT molecular complexity index is 408. The van der Waals surface area contributed by atoms with Gasteiger partial charge in [0.25, 0.3) is 0 Å². The Morgan fingerprint density at radius 3 is 3.00 bits per heavy atom. The molecule has 4 heteroatoms. The maximum absolute atomic E-state index is 13.5. The van der Waals surface area contributed by atoms with Gasteiger partial charge in [-0.05, 0) is 0 Å². The summed E-state index contributed by atoms with van der Waals surface area (Å²) in [5, 5.41) is 0. The molecule has 1 aromatic rings. The van der Waals surface area contributed by atoms with Crippen LogP contribution in [0.1, 0.15) is 29.3 Å². The first-order chi connectivity index (χ1) is 7.15. The van der Waals surface area contributed by atoms with E-state index in [1.165, 1.54) is 6.07 Å². The Balaban J connectivity index is 2.50. The Hall–Kier alpha value is -0.458. The van der Waals surface area contributed by atoms with Crippen molar-refractivity contribution in [1.82, 2.24) is 2.71 Å². The van der Waals surface area contributed by atoms with Gasteiger partial charge in [0.1, 0.15) is 0 Å². The van der Waals surface area contributed by atoms with E-state index in [-0.39, 0.29) is 23.3 Å². The van der Waals surface area contributed by atoms with Crippen molar-refractivity contribution in [3.8, 4) is 0 Å². The molecule has 1 heterocycles. The minimum absolute atomic E-state index is 0.132. The molecule has 77 valence electrons. The van der Waals surface area contributed by atoms with Gasteiger partial charge < -0.3 is 0 Å². The molecule has 1 atom stereocenters. The van der Waals surface area contributed by atoms with E-state index in [0.29, 0.717) is 26.1 Å². The number of benzene rings is 1. The zero-order valence-corrected chi connectivity index (χ0v) is 12.3. The number of amides is 1. The van der Waals surface area contributed by atoms with Crippen LogP contribution in [0.2, 0.25) is 0 Å². The van der Waals surface area contributed by atoms with E-state index < -0.39 is 0 Å². The molecule has 0 aromatic heterocycles. The fourth-order valence-electron chi connectivity index (χ4n) is 1.94. The quantitative estimate of drug-likeness (QED) is 0.659. The third-order valence-electron chi connectivity index (χ3n) is 2.82. The van der Waals surface area contributed by atoms with Crippen LogP contribution >= 0.6 is 0 Å². The Morgan fingerprint density at radius 1 is 1.60 bits per heavy atom. The molecule has 1 aliphatic rings. The summed E-state index contributed by atoms with van der Waals surface area (Å²) in [5.41, 5.74) is 1.15. The average molecular weight is 399 g/mol. The summed E-state index contributed by atoms with van der Waals surface area (Å²) in [5.74, 6) is -0.513. The number of halogens is 1. The van der Waals surface area contributed by atoms with Gasteiger partial charge in [0.15, 0.2) is 0 Å². The standard InChI is InChI=1S/C11H12FNO.Pb/c1-2-8-6-7-4-3-5-9(12)10(7)11(14)13-8;/h3-5,8H,2,6H2,1H3,(H,13,14);/q;+1/p-1. The molecule has 3 radical (unpaired) electrons. The van der Waals surface area contributed by atoms with Crippen molar-refractivity contribution < 1.29 is 9.18 Å². The van der Waals surface area contributed by atoms with E-state index in [1.54, 1.807) is 8.78 Å². The van der Waals surface area contributed by atoms with E-state index in [1.807, 2.05) is 6.07 Å². The number of carbonyl (C=O) groups excluding carboxylic acids is 1. The van der Waals surface area contributed by atoms with Gasteiger partial charge in [-0.15, -0.1) is 0 Å². The summed E-state index contributed by atoms with van der Waals surface area (Å²) in [6.45, 7) is 2.06. The molecular formula is C11H11FNOPb. The maximum atomic E-state index is 13.5. The topological polar surface area (TPSA) is 20.3 Å². The zero-order chi connectivity index (χ0) is 11.0. The van der Waals surface area contributed by atoms with Crippen LogP contribution in [0.4, 0.5) is 4.39 Å². The van der Waals surface area contributed by atoms with Gasteiger partial charge in [-0.25, -0.2) is 0 Å². The summed E-state index contributed by atoms with van der Waals surface area (Å²) >= 11 is 0.661. The number of hydrogen-bond acceptors (Lipinski definition) is 1. The fraction of sp³-hybridized carbons (Fsp3) is 0.364. The molecule has 0 spiro atoms. The van der Waals surface area contributed by atoms with Crippen LogP contribution in [0.15, 0.2) is 18.2 Å². The summed E-state index contributed by atoms with van der Waals surface area (Å²) in [6, 6.07) is 5.15. The molecule has 0 N–H and O–H groups in total. The molecule has 2 nitrogen and oxygen atoms in total. The van der Waals surface area contributed by atoms with E-state index >= 15 is 0 Å². The van der Waals surface area contributed by atoms with Crippen molar-refractivity contribution in [2.24, 2.45) is 0 Å². The van der Waals surface area contributed by atoms with Crippen LogP contribution in [0, 0.1) is 5.82 Å². The van der Waals surface area contributed by atoms with Gasteiger partial charge in [-0.2, -0.15) is 0 Å². The SMILES string of the molecule is CCC1Cc2cccc(F)c2C(=O)[N]1[Pb]. The van der Waals surface area contributed by atoms with Crippen LogP contribution in [-0.4, -0.2) is 40.7 Å². The molecule has 0 saturated heterocycles. The zero-order valence-electron chi connectivity index (χ0n) is 8.46. The second-order valence-electron chi connectivity index (χ2n) is 3.72. The molecule has 1 unspecified atom stereocenters. The second kappa shape index (κ2) is 4.19. The Morgan fingerprint density at radius 2 is 2.33 bits per heavy atom. The number of hydrogen-bond donors (Lipinski definition) is 0. The molecule has 0 aliphatic carbocycles. The van der Waals surface area contributed by atoms with Crippen molar-refractivity contribution in [3.63, 3.8) is 0 Å². The predicted molar refractivity (Wildman–Crippen MR) is 56.1 cm³/mol. The predicted octanol–water partition coefficient (Wildman–Crippen LogP) is 1.69. The second-order valence-corrected chi connectivity index (χ2v) is 5.59. The molecule has 0 bridgehead atoms. The molecular weight excluding hydrogens is 388 g/mol. The van der Waals surface area contributed by atoms with Gasteiger partial charge in [0, 0.05) is 0 Å². The summed E-state index contributed by atoms with van der Waals surface area (Å²) in [6.07, 6.45) is 1.73. The van der Waals surface area contributed by atoms with E-state index in [9.17, 15) is 9.18 Å². The molecule has 1 aromatic carbocycles. The van der Waals surface area contributed by atoms with Crippen molar-refractivity contribution in [1.29, 1.82) is 0 Å². The normalized spacial score (nSPS) is 20.3. The van der Waals surface area contributed by atoms with Crippen LogP contribution in [-0.2, 0) is 6.42 Å². The molecule has 0 saturated carbocycles. The molecule has 0 fully saturated rings. The number of fused-ring (bicyclic) bond motifs is 1. The monoisotopic (exact) mass is 400 g/mol. The third-order valence-corrected chi connectivity index (χ3v) is 5.03. The Labute approximate surface area is 105 Å². The van der Waals surface area contributed by atoms with E-state index in [2.05, 4.69) is 6.92 Å². The van der Waals surface area contributed by atoms with Gasteiger partial charge in [-0.1, -0.05) is 0 Å². The van der Waals surface area contributed by atoms with Crippen molar-refractivity contribution in [2.45, 2.75) is 25.8 Å². The van der Waals surface area contributed by atoms with E-state index in [4.69, 9.17) is 0 Å². The van der Waals surface area contributed by atoms with E-state index in [0.717, 1.165) is 18.4 Å². The summed E-state index contributed by atoms with van der Waals surface area (Å²) in [4.78, 5) is 11.9. The van der Waals surface area contributed by atoms with Crippen molar-refractivity contribution in [2.75, 3.05) is 0 Å². The van der Waals surface area contributed by atoms with Crippen LogP contribution in [0.5, 0.6) is 0 Å².